The van der Waals surface area contributed by atoms with Gasteiger partial charge in [-0.15, -0.1) is 0 Å². The number of carbonyl (C=O) groups is 2. The zero-order valence-corrected chi connectivity index (χ0v) is 31.2. The number of ether oxygens (including phenoxy) is 1. The third-order valence-electron chi connectivity index (χ3n) is 11.4. The number of aromatic amines is 1. The van der Waals surface area contributed by atoms with Gasteiger partial charge in [-0.2, -0.15) is 4.98 Å². The van der Waals surface area contributed by atoms with Gasteiger partial charge in [0.25, 0.3) is 5.89 Å². The van der Waals surface area contributed by atoms with Gasteiger partial charge in [0.1, 0.15) is 28.5 Å². The third kappa shape index (κ3) is 4.52. The van der Waals surface area contributed by atoms with Crippen molar-refractivity contribution in [3.8, 4) is 39.8 Å². The van der Waals surface area contributed by atoms with Gasteiger partial charge in [0, 0.05) is 45.6 Å². The first-order chi connectivity index (χ1) is 25.9. The van der Waals surface area contributed by atoms with E-state index in [4.69, 9.17) is 46.7 Å². The molecule has 0 saturated carbocycles. The van der Waals surface area contributed by atoms with Gasteiger partial charge in [-0.3, -0.25) is 9.59 Å². The van der Waals surface area contributed by atoms with E-state index in [1.54, 1.807) is 13.8 Å². The number of aliphatic hydroxyl groups excluding tert-OH is 1. The number of para-hydroxylation sites is 1. The summed E-state index contributed by atoms with van der Waals surface area (Å²) in [6.45, 7) is 7.48. The van der Waals surface area contributed by atoms with Crippen molar-refractivity contribution in [3.05, 3.63) is 93.2 Å². The smallest absolute Gasteiger partial charge is 0.250 e. The first-order valence-electron chi connectivity index (χ1n) is 18.2. The molecule has 13 heteroatoms. The maximum atomic E-state index is 14.3. The van der Waals surface area contributed by atoms with Gasteiger partial charge >= 0.3 is 0 Å². The topological polar surface area (TPSA) is 156 Å². The van der Waals surface area contributed by atoms with E-state index >= 15 is 0 Å². The number of H-pyrrole nitrogens is 1. The Hall–Kier alpha value is -5.10. The highest BCUT2D eigenvalue weighted by atomic mass is 35.5. The highest BCUT2D eigenvalue weighted by Gasteiger charge is 2.61. The van der Waals surface area contributed by atoms with Crippen molar-refractivity contribution in [2.24, 2.45) is 17.8 Å². The van der Waals surface area contributed by atoms with Crippen molar-refractivity contribution < 1.29 is 28.3 Å². The van der Waals surface area contributed by atoms with Crippen molar-refractivity contribution in [1.29, 1.82) is 0 Å². The molecule has 4 N–H and O–H groups in total. The fraction of sp³-hybridized carbons (Fsp3) is 0.317. The molecule has 1 amide bonds. The van der Waals surface area contributed by atoms with Crippen molar-refractivity contribution in [2.45, 2.75) is 64.3 Å². The van der Waals surface area contributed by atoms with Crippen LogP contribution in [0.15, 0.2) is 63.4 Å². The predicted octanol–water partition coefficient (Wildman–Crippen LogP) is 8.21. The zero-order chi connectivity index (χ0) is 37.4. The van der Waals surface area contributed by atoms with Crippen LogP contribution in [0.25, 0.3) is 44.9 Å². The van der Waals surface area contributed by atoms with Crippen LogP contribution in [-0.4, -0.2) is 44.1 Å². The van der Waals surface area contributed by atoms with Gasteiger partial charge in [-0.05, 0) is 41.5 Å². The molecule has 3 aromatic carbocycles. The summed E-state index contributed by atoms with van der Waals surface area (Å²) in [4.78, 5) is 40.7. The predicted molar refractivity (Wildman–Crippen MR) is 202 cm³/mol. The Balaban J connectivity index is 1.30. The summed E-state index contributed by atoms with van der Waals surface area (Å²) in [7, 11) is 0. The molecule has 0 radical (unpaired) electrons. The molecule has 10 rings (SSSR count). The Morgan fingerprint density at radius 1 is 1.00 bits per heavy atom. The number of oxazole rings is 2. The number of ketones is 1. The summed E-state index contributed by atoms with van der Waals surface area (Å²) in [5, 5.41) is 18.8. The second kappa shape index (κ2) is 11.7. The highest BCUT2D eigenvalue weighted by Crippen LogP contribution is 2.62. The second-order valence-corrected chi connectivity index (χ2v) is 16.1. The lowest BCUT2D eigenvalue weighted by Crippen LogP contribution is -2.41. The molecule has 54 heavy (non-hydrogen) atoms. The Kier molecular flexibility index (Phi) is 7.25. The van der Waals surface area contributed by atoms with Crippen LogP contribution in [0, 0.1) is 17.8 Å². The standard InChI is InChI=1S/C41H35Cl2N5O6/c1-16(2)29-38-46-31-34(54-38)41-22-9-5-8-21(20-7-6-10-24-27(20)28(35(42)44-24)33-36(43)48-39(31)53-33)30(22)47-40(41)52-26-12-11-18(14-23(26)41)13-19(37(51)45-29)15-25(49)32(50)17(3)4/h5-12,14,16-17,19,29,32,40,44,47,50H,13,15H2,1-4H3,(H,45,51)/t19-,29+,32+,40+,41?/m1/s1. The van der Waals surface area contributed by atoms with Crippen LogP contribution in [-0.2, 0) is 21.4 Å². The molecule has 0 saturated heterocycles. The summed E-state index contributed by atoms with van der Waals surface area (Å²) < 4.78 is 20.4. The number of fused-ring (bicyclic) bond motifs is 7. The summed E-state index contributed by atoms with van der Waals surface area (Å²) >= 11 is 13.9. The molecule has 7 heterocycles. The number of nitrogens with zero attached hydrogens (tertiary/aromatic N) is 2. The Labute approximate surface area is 319 Å². The first-order valence-corrected chi connectivity index (χ1v) is 18.9. The molecule has 1 unspecified atom stereocenters. The number of carbonyl (C=O) groups excluding carboxylic acids is 2. The number of hydrogen-bond acceptors (Lipinski definition) is 9. The molecule has 6 aromatic rings. The van der Waals surface area contributed by atoms with Crippen LogP contribution in [0.1, 0.15) is 68.5 Å². The largest absolute Gasteiger partial charge is 0.469 e. The number of halogens is 2. The molecule has 5 atom stereocenters. The van der Waals surface area contributed by atoms with E-state index in [2.05, 4.69) is 27.8 Å². The second-order valence-electron chi connectivity index (χ2n) is 15.4. The minimum atomic E-state index is -1.19. The molecule has 1 spiro atoms. The van der Waals surface area contributed by atoms with Gasteiger partial charge in [0.2, 0.25) is 11.8 Å². The molecule has 0 fully saturated rings. The first kappa shape index (κ1) is 33.5. The van der Waals surface area contributed by atoms with E-state index in [1.165, 1.54) is 0 Å². The molecule has 4 aliphatic heterocycles. The van der Waals surface area contributed by atoms with Gasteiger partial charge < -0.3 is 34.3 Å². The molecule has 0 aliphatic carbocycles. The Bertz CT molecular complexity index is 2590. The molecule has 274 valence electrons. The number of anilines is 1. The van der Waals surface area contributed by atoms with E-state index in [1.807, 2.05) is 56.3 Å². The van der Waals surface area contributed by atoms with Crippen molar-refractivity contribution in [3.63, 3.8) is 0 Å². The van der Waals surface area contributed by atoms with Crippen LogP contribution in [0.5, 0.6) is 5.75 Å². The molecular weight excluding hydrogens is 729 g/mol. The maximum absolute atomic E-state index is 14.3. The lowest BCUT2D eigenvalue weighted by molar-refractivity contribution is -0.135. The average Bonchev–Trinajstić information content (AvgIpc) is 3.94. The summed E-state index contributed by atoms with van der Waals surface area (Å²) in [5.74, 6) is -0.343. The highest BCUT2D eigenvalue weighted by molar-refractivity contribution is 6.37. The maximum Gasteiger partial charge on any atom is 0.250 e. The van der Waals surface area contributed by atoms with Gasteiger partial charge in [-0.25, -0.2) is 4.98 Å². The average molecular weight is 765 g/mol. The van der Waals surface area contributed by atoms with E-state index in [-0.39, 0.29) is 59.1 Å². The van der Waals surface area contributed by atoms with Crippen molar-refractivity contribution in [2.75, 3.05) is 5.32 Å². The van der Waals surface area contributed by atoms with E-state index < -0.39 is 29.7 Å². The number of amides is 1. The van der Waals surface area contributed by atoms with Gasteiger partial charge in [0.05, 0.1) is 5.56 Å². The molecule has 3 aromatic heterocycles. The van der Waals surface area contributed by atoms with E-state index in [0.717, 1.165) is 44.4 Å². The lowest BCUT2D eigenvalue weighted by Gasteiger charge is -2.28. The number of aromatic nitrogens is 3. The Morgan fingerprint density at radius 2 is 1.80 bits per heavy atom. The number of benzene rings is 3. The number of hydrogen-bond donors (Lipinski definition) is 4. The van der Waals surface area contributed by atoms with Crippen LogP contribution in [0.2, 0.25) is 10.3 Å². The quantitative estimate of drug-likeness (QED) is 0.136. The summed E-state index contributed by atoms with van der Waals surface area (Å²) in [5.41, 5.74) is 5.68. The Morgan fingerprint density at radius 3 is 2.59 bits per heavy atom. The van der Waals surface area contributed by atoms with Crippen LogP contribution in [0.4, 0.5) is 5.69 Å². The van der Waals surface area contributed by atoms with Gasteiger partial charge in [0.15, 0.2) is 34.4 Å². The SMILES string of the molecule is CC(C)[C@H](O)C(=O)C[C@H]1Cc2ccc3c(c2)C24c5cccc(c5N[C@H]2O3)-c2cccc3[nH]c(Cl)c(c23)-c2oc(nc2Cl)-c2nc(oc24)[C@H](C(C)C)NC1=O. The van der Waals surface area contributed by atoms with Crippen molar-refractivity contribution in [1.82, 2.24) is 20.3 Å². The zero-order valence-electron chi connectivity index (χ0n) is 29.7. The molecule has 4 aliphatic rings. The number of Topliss-reactive ketones (excluding diaryl/α,β-unsaturated/α-hetero) is 1. The lowest BCUT2D eigenvalue weighted by atomic mass is 9.72. The van der Waals surface area contributed by atoms with Gasteiger partial charge in [-0.1, -0.05) is 93.4 Å². The van der Waals surface area contributed by atoms with E-state index in [9.17, 15) is 14.7 Å². The normalized spacial score (nSPS) is 22.3. The van der Waals surface area contributed by atoms with Crippen LogP contribution in [0.3, 0.4) is 0 Å². The summed E-state index contributed by atoms with van der Waals surface area (Å²) in [6, 6.07) is 17.2. The van der Waals surface area contributed by atoms with Crippen molar-refractivity contribution >= 4 is 51.5 Å². The summed E-state index contributed by atoms with van der Waals surface area (Å²) in [6.07, 6.45) is -1.77. The molecule has 11 nitrogen and oxygen atoms in total. The number of nitrogens with one attached hydrogen (secondary N) is 3. The third-order valence-corrected chi connectivity index (χ3v) is 12.0. The monoisotopic (exact) mass is 763 g/mol. The van der Waals surface area contributed by atoms with E-state index in [0.29, 0.717) is 27.9 Å². The molecule has 10 bridgehead atoms. The van der Waals surface area contributed by atoms with Crippen LogP contribution < -0.4 is 15.4 Å². The number of rotatable bonds is 5. The minimum absolute atomic E-state index is 0.0955. The molecular formula is C41H35Cl2N5O6. The minimum Gasteiger partial charge on any atom is -0.469 e. The fourth-order valence-electron chi connectivity index (χ4n) is 8.81. The number of aliphatic hydroxyl groups is 1. The fourth-order valence-corrected chi connectivity index (χ4v) is 9.30. The van der Waals surface area contributed by atoms with Crippen LogP contribution >= 0.6 is 23.2 Å².